The molecule has 1 saturated heterocycles. The van der Waals surface area contributed by atoms with Gasteiger partial charge in [0.15, 0.2) is 0 Å². The molecule has 2 aliphatic heterocycles. The molecule has 3 rings (SSSR count). The number of halogens is 2. The van der Waals surface area contributed by atoms with Gasteiger partial charge in [0.25, 0.3) is 0 Å². The maximum Gasteiger partial charge on any atom is 0.126 e. The monoisotopic (exact) mass is 223 g/mol. The molecule has 16 heavy (non-hydrogen) atoms. The summed E-state index contributed by atoms with van der Waals surface area (Å²) in [5.41, 5.74) is 3.57. The summed E-state index contributed by atoms with van der Waals surface area (Å²) < 4.78 is 26.2. The van der Waals surface area contributed by atoms with Crippen molar-refractivity contribution < 1.29 is 8.78 Å². The van der Waals surface area contributed by atoms with E-state index in [9.17, 15) is 8.78 Å². The Kier molecular flexibility index (Phi) is 2.05. The van der Waals surface area contributed by atoms with Crippen molar-refractivity contribution in [3.8, 4) is 0 Å². The summed E-state index contributed by atoms with van der Waals surface area (Å²) >= 11 is 0. The summed E-state index contributed by atoms with van der Waals surface area (Å²) in [6, 6.07) is 3.73. The molecule has 5 heteroatoms. The third-order valence-corrected chi connectivity index (χ3v) is 3.07. The molecule has 0 amide bonds. The summed E-state index contributed by atoms with van der Waals surface area (Å²) in [6.45, 7) is 0.623. The van der Waals surface area contributed by atoms with E-state index >= 15 is 0 Å². The van der Waals surface area contributed by atoms with Crippen molar-refractivity contribution in [1.82, 2.24) is 10.3 Å². The first-order valence-corrected chi connectivity index (χ1v) is 5.26. The van der Waals surface area contributed by atoms with E-state index in [1.807, 2.05) is 4.90 Å². The molecule has 1 aromatic carbocycles. The quantitative estimate of drug-likeness (QED) is 0.788. The van der Waals surface area contributed by atoms with Crippen molar-refractivity contribution in [2.45, 2.75) is 18.9 Å². The molecule has 0 aromatic heterocycles. The zero-order valence-electron chi connectivity index (χ0n) is 8.58. The standard InChI is InChI=1S/C11H11F2N3/c12-8-3-7(4-9(13)5-8)10-1-2-11-15-14-6-16(10)11/h3-5,10,14H,1-2,6H2. The van der Waals surface area contributed by atoms with E-state index in [0.717, 1.165) is 24.7 Å². The van der Waals surface area contributed by atoms with Crippen molar-refractivity contribution in [3.05, 3.63) is 35.4 Å². The zero-order chi connectivity index (χ0) is 11.1. The maximum absolute atomic E-state index is 13.1. The van der Waals surface area contributed by atoms with Gasteiger partial charge in [0.2, 0.25) is 0 Å². The lowest BCUT2D eigenvalue weighted by Gasteiger charge is -2.22. The highest BCUT2D eigenvalue weighted by molar-refractivity contribution is 5.85. The van der Waals surface area contributed by atoms with Crippen molar-refractivity contribution in [2.24, 2.45) is 5.10 Å². The number of benzene rings is 1. The molecule has 0 saturated carbocycles. The number of rotatable bonds is 1. The molecule has 1 aromatic rings. The molecule has 3 nitrogen and oxygen atoms in total. The summed E-state index contributed by atoms with van der Waals surface area (Å²) in [5, 5.41) is 4.12. The molecular weight excluding hydrogens is 212 g/mol. The topological polar surface area (TPSA) is 27.6 Å². The van der Waals surface area contributed by atoms with Crippen LogP contribution in [0.15, 0.2) is 23.3 Å². The van der Waals surface area contributed by atoms with Gasteiger partial charge in [-0.3, -0.25) is 5.43 Å². The van der Waals surface area contributed by atoms with Crippen LogP contribution in [0.25, 0.3) is 0 Å². The van der Waals surface area contributed by atoms with E-state index in [4.69, 9.17) is 0 Å². The lowest BCUT2D eigenvalue weighted by molar-refractivity contribution is 0.343. The SMILES string of the molecule is Fc1cc(F)cc(C2CCC3=NNCN32)c1. The Balaban J connectivity index is 1.95. The minimum absolute atomic E-state index is 0.0407. The molecule has 0 bridgehead atoms. The Morgan fingerprint density at radius 2 is 2.00 bits per heavy atom. The van der Waals surface area contributed by atoms with Crippen LogP contribution in [-0.2, 0) is 0 Å². The molecule has 1 atom stereocenters. The Hall–Kier alpha value is -1.65. The van der Waals surface area contributed by atoms with Crippen LogP contribution in [0.3, 0.4) is 0 Å². The van der Waals surface area contributed by atoms with Gasteiger partial charge < -0.3 is 4.90 Å². The zero-order valence-corrected chi connectivity index (χ0v) is 8.58. The molecule has 1 unspecified atom stereocenters. The number of hydrazone groups is 1. The van der Waals surface area contributed by atoms with Crippen molar-refractivity contribution in [2.75, 3.05) is 6.67 Å². The predicted molar refractivity (Wildman–Crippen MR) is 55.6 cm³/mol. The summed E-state index contributed by atoms with van der Waals surface area (Å²) in [7, 11) is 0. The van der Waals surface area contributed by atoms with Gasteiger partial charge in [-0.05, 0) is 24.1 Å². The minimum Gasteiger partial charge on any atom is -0.333 e. The number of nitrogens with zero attached hydrogens (tertiary/aromatic N) is 2. The Morgan fingerprint density at radius 1 is 1.25 bits per heavy atom. The third kappa shape index (κ3) is 1.43. The average molecular weight is 223 g/mol. The van der Waals surface area contributed by atoms with Gasteiger partial charge in [-0.1, -0.05) is 0 Å². The Labute approximate surface area is 91.8 Å². The second-order valence-electron chi connectivity index (χ2n) is 4.07. The first-order valence-electron chi connectivity index (χ1n) is 5.26. The molecule has 0 radical (unpaired) electrons. The van der Waals surface area contributed by atoms with E-state index < -0.39 is 11.6 Å². The first-order chi connectivity index (χ1) is 7.74. The van der Waals surface area contributed by atoms with Gasteiger partial charge in [0.05, 0.1) is 6.04 Å². The summed E-state index contributed by atoms with van der Waals surface area (Å²) in [4.78, 5) is 2.05. The molecule has 0 spiro atoms. The van der Waals surface area contributed by atoms with Gasteiger partial charge in [0.1, 0.15) is 24.1 Å². The highest BCUT2D eigenvalue weighted by Gasteiger charge is 2.33. The van der Waals surface area contributed by atoms with Gasteiger partial charge >= 0.3 is 0 Å². The van der Waals surface area contributed by atoms with E-state index in [1.165, 1.54) is 12.1 Å². The molecule has 1 fully saturated rings. The highest BCUT2D eigenvalue weighted by atomic mass is 19.1. The highest BCUT2D eigenvalue weighted by Crippen LogP contribution is 2.34. The molecule has 0 aliphatic carbocycles. The largest absolute Gasteiger partial charge is 0.333 e. The van der Waals surface area contributed by atoms with Crippen molar-refractivity contribution in [3.63, 3.8) is 0 Å². The smallest absolute Gasteiger partial charge is 0.126 e. The molecular formula is C11H11F2N3. The molecule has 84 valence electrons. The lowest BCUT2D eigenvalue weighted by atomic mass is 10.0. The van der Waals surface area contributed by atoms with Gasteiger partial charge in [-0.25, -0.2) is 8.78 Å². The van der Waals surface area contributed by atoms with Gasteiger partial charge in [0, 0.05) is 12.5 Å². The van der Waals surface area contributed by atoms with Gasteiger partial charge in [-0.2, -0.15) is 5.10 Å². The molecule has 2 heterocycles. The third-order valence-electron chi connectivity index (χ3n) is 3.07. The first kappa shape index (κ1) is 9.57. The van der Waals surface area contributed by atoms with Crippen LogP contribution < -0.4 is 5.43 Å². The number of amidine groups is 1. The van der Waals surface area contributed by atoms with Crippen LogP contribution in [0, 0.1) is 11.6 Å². The number of hydrogen-bond acceptors (Lipinski definition) is 3. The van der Waals surface area contributed by atoms with Crippen LogP contribution in [0.4, 0.5) is 8.78 Å². The van der Waals surface area contributed by atoms with Crippen LogP contribution in [-0.4, -0.2) is 17.4 Å². The molecule has 1 N–H and O–H groups in total. The van der Waals surface area contributed by atoms with E-state index in [1.54, 1.807) is 0 Å². The average Bonchev–Trinajstić information content (AvgIpc) is 2.75. The second-order valence-corrected chi connectivity index (χ2v) is 4.07. The normalized spacial score (nSPS) is 23.0. The summed E-state index contributed by atoms with van der Waals surface area (Å²) in [5.74, 6) is -0.0604. The lowest BCUT2D eigenvalue weighted by Crippen LogP contribution is -2.27. The fraction of sp³-hybridized carbons (Fsp3) is 0.364. The van der Waals surface area contributed by atoms with Crippen LogP contribution >= 0.6 is 0 Å². The van der Waals surface area contributed by atoms with Crippen molar-refractivity contribution in [1.29, 1.82) is 0 Å². The predicted octanol–water partition coefficient (Wildman–Crippen LogP) is 1.98. The number of nitrogens with one attached hydrogen (secondary N) is 1. The van der Waals surface area contributed by atoms with E-state index in [2.05, 4.69) is 10.5 Å². The fourth-order valence-electron chi connectivity index (χ4n) is 2.38. The van der Waals surface area contributed by atoms with Gasteiger partial charge in [-0.15, -0.1) is 0 Å². The van der Waals surface area contributed by atoms with Crippen LogP contribution in [0.2, 0.25) is 0 Å². The number of hydrogen-bond donors (Lipinski definition) is 1. The van der Waals surface area contributed by atoms with E-state index in [0.29, 0.717) is 12.2 Å². The van der Waals surface area contributed by atoms with Crippen LogP contribution in [0.1, 0.15) is 24.4 Å². The molecule has 2 aliphatic rings. The minimum atomic E-state index is -0.521. The second kappa shape index (κ2) is 3.43. The number of fused-ring (bicyclic) bond motifs is 1. The maximum atomic E-state index is 13.1. The van der Waals surface area contributed by atoms with Crippen LogP contribution in [0.5, 0.6) is 0 Å². The summed E-state index contributed by atoms with van der Waals surface area (Å²) in [6.07, 6.45) is 1.72. The van der Waals surface area contributed by atoms with Crippen molar-refractivity contribution >= 4 is 5.84 Å². The Morgan fingerprint density at radius 3 is 2.75 bits per heavy atom. The van der Waals surface area contributed by atoms with E-state index in [-0.39, 0.29) is 6.04 Å². The fourth-order valence-corrected chi connectivity index (χ4v) is 2.38. The Bertz CT molecular complexity index is 438.